The van der Waals surface area contributed by atoms with Crippen molar-refractivity contribution >= 4 is 5.82 Å². The molecule has 0 aliphatic heterocycles. The zero-order valence-corrected chi connectivity index (χ0v) is 12.0. The molecule has 0 radical (unpaired) electrons. The Morgan fingerprint density at radius 1 is 1.15 bits per heavy atom. The average Bonchev–Trinajstić information content (AvgIpc) is 2.48. The van der Waals surface area contributed by atoms with Gasteiger partial charge in [0, 0.05) is 19.2 Å². The van der Waals surface area contributed by atoms with Gasteiger partial charge in [-0.15, -0.1) is 0 Å². The monoisotopic (exact) mass is 273 g/mol. The molecule has 0 fully saturated rings. The van der Waals surface area contributed by atoms with E-state index in [-0.39, 0.29) is 6.04 Å². The highest BCUT2D eigenvalue weighted by atomic mass is 16.5. The quantitative estimate of drug-likeness (QED) is 0.877. The predicted molar refractivity (Wildman–Crippen MR) is 77.8 cm³/mol. The molecule has 1 aromatic carbocycles. The van der Waals surface area contributed by atoms with Gasteiger partial charge in [-0.25, -0.2) is 4.98 Å². The van der Waals surface area contributed by atoms with E-state index >= 15 is 0 Å². The molecule has 0 amide bonds. The smallest absolute Gasteiger partial charge is 0.218 e. The second-order valence-corrected chi connectivity index (χ2v) is 4.42. The van der Waals surface area contributed by atoms with Crippen LogP contribution in [0, 0.1) is 0 Å². The van der Waals surface area contributed by atoms with E-state index in [1.165, 1.54) is 5.56 Å². The summed E-state index contributed by atoms with van der Waals surface area (Å²) < 4.78 is 10.2. The number of anilines is 1. The Hall–Kier alpha value is -2.14. The van der Waals surface area contributed by atoms with E-state index in [9.17, 15) is 0 Å². The van der Waals surface area contributed by atoms with Crippen LogP contribution in [-0.2, 0) is 11.3 Å². The molecule has 106 valence electrons. The molecule has 5 nitrogen and oxygen atoms in total. The first-order valence-electron chi connectivity index (χ1n) is 6.45. The summed E-state index contributed by atoms with van der Waals surface area (Å²) >= 11 is 0. The van der Waals surface area contributed by atoms with Gasteiger partial charge in [0.25, 0.3) is 0 Å². The number of rotatable bonds is 6. The lowest BCUT2D eigenvalue weighted by atomic mass is 10.1. The number of methoxy groups -OCH3 is 2. The lowest BCUT2D eigenvalue weighted by molar-refractivity contribution is 0.177. The number of nitrogens with zero attached hydrogens (tertiary/aromatic N) is 2. The number of nitrogens with one attached hydrogen (secondary N) is 1. The highest BCUT2D eigenvalue weighted by molar-refractivity contribution is 5.41. The van der Waals surface area contributed by atoms with Crippen LogP contribution >= 0.6 is 0 Å². The van der Waals surface area contributed by atoms with Crippen molar-refractivity contribution in [2.45, 2.75) is 19.6 Å². The Morgan fingerprint density at radius 3 is 2.55 bits per heavy atom. The van der Waals surface area contributed by atoms with Crippen molar-refractivity contribution in [3.8, 4) is 5.88 Å². The second-order valence-electron chi connectivity index (χ2n) is 4.42. The van der Waals surface area contributed by atoms with Crippen LogP contribution in [0.1, 0.15) is 24.4 Å². The minimum absolute atomic E-state index is 0.145. The van der Waals surface area contributed by atoms with Gasteiger partial charge in [-0.1, -0.05) is 30.3 Å². The van der Waals surface area contributed by atoms with Gasteiger partial charge in [0.1, 0.15) is 12.4 Å². The van der Waals surface area contributed by atoms with E-state index in [0.717, 1.165) is 5.82 Å². The summed E-state index contributed by atoms with van der Waals surface area (Å²) in [6.07, 6.45) is 0. The number of aromatic nitrogens is 2. The van der Waals surface area contributed by atoms with Gasteiger partial charge < -0.3 is 14.8 Å². The summed E-state index contributed by atoms with van der Waals surface area (Å²) in [5.74, 6) is 1.84. The molecule has 20 heavy (non-hydrogen) atoms. The van der Waals surface area contributed by atoms with Crippen LogP contribution in [0.25, 0.3) is 0 Å². The SMILES string of the molecule is COCc1nc(NC(C)c2ccccc2)cc(OC)n1. The van der Waals surface area contributed by atoms with Crippen molar-refractivity contribution in [3.05, 3.63) is 47.8 Å². The third kappa shape index (κ3) is 3.68. The first kappa shape index (κ1) is 14.3. The molecule has 1 N–H and O–H groups in total. The third-order valence-corrected chi connectivity index (χ3v) is 2.90. The molecular formula is C15H19N3O2. The van der Waals surface area contributed by atoms with Crippen LogP contribution in [0.3, 0.4) is 0 Å². The first-order chi connectivity index (χ1) is 9.72. The van der Waals surface area contributed by atoms with Crippen molar-refractivity contribution in [1.82, 2.24) is 9.97 Å². The van der Waals surface area contributed by atoms with Crippen molar-refractivity contribution in [2.24, 2.45) is 0 Å². The van der Waals surface area contributed by atoms with Crippen molar-refractivity contribution < 1.29 is 9.47 Å². The van der Waals surface area contributed by atoms with E-state index in [0.29, 0.717) is 18.3 Å². The molecule has 0 saturated heterocycles. The maximum Gasteiger partial charge on any atom is 0.218 e. The molecule has 0 bridgehead atoms. The topological polar surface area (TPSA) is 56.3 Å². The van der Waals surface area contributed by atoms with Crippen LogP contribution in [-0.4, -0.2) is 24.2 Å². The van der Waals surface area contributed by atoms with E-state index < -0.39 is 0 Å². The highest BCUT2D eigenvalue weighted by Crippen LogP contribution is 2.20. The lowest BCUT2D eigenvalue weighted by Gasteiger charge is -2.16. The number of hydrogen-bond donors (Lipinski definition) is 1. The zero-order valence-electron chi connectivity index (χ0n) is 12.0. The van der Waals surface area contributed by atoms with Gasteiger partial charge in [0.15, 0.2) is 5.82 Å². The van der Waals surface area contributed by atoms with Crippen molar-refractivity contribution in [1.29, 1.82) is 0 Å². The van der Waals surface area contributed by atoms with Crippen molar-refractivity contribution in [3.63, 3.8) is 0 Å². The Balaban J connectivity index is 2.17. The average molecular weight is 273 g/mol. The molecule has 1 heterocycles. The Kier molecular flexibility index (Phi) is 4.90. The fourth-order valence-corrected chi connectivity index (χ4v) is 1.89. The number of benzene rings is 1. The normalized spacial score (nSPS) is 11.9. The lowest BCUT2D eigenvalue weighted by Crippen LogP contribution is -2.10. The molecule has 0 aliphatic carbocycles. The van der Waals surface area contributed by atoms with Crippen LogP contribution in [0.2, 0.25) is 0 Å². The van der Waals surface area contributed by atoms with Gasteiger partial charge in [0.05, 0.1) is 7.11 Å². The van der Waals surface area contributed by atoms with Crippen LogP contribution in [0.15, 0.2) is 36.4 Å². The summed E-state index contributed by atoms with van der Waals surface area (Å²) in [6.45, 7) is 2.44. The van der Waals surface area contributed by atoms with Crippen LogP contribution < -0.4 is 10.1 Å². The molecular weight excluding hydrogens is 254 g/mol. The van der Waals surface area contributed by atoms with Gasteiger partial charge in [-0.3, -0.25) is 0 Å². The predicted octanol–water partition coefficient (Wildman–Crippen LogP) is 2.80. The largest absolute Gasteiger partial charge is 0.481 e. The van der Waals surface area contributed by atoms with E-state index in [1.807, 2.05) is 18.2 Å². The number of ether oxygens (including phenoxy) is 2. The maximum absolute atomic E-state index is 5.18. The second kappa shape index (κ2) is 6.86. The Bertz CT molecular complexity index is 546. The summed E-state index contributed by atoms with van der Waals surface area (Å²) in [5, 5.41) is 3.35. The molecule has 5 heteroatoms. The van der Waals surface area contributed by atoms with E-state index in [4.69, 9.17) is 9.47 Å². The highest BCUT2D eigenvalue weighted by Gasteiger charge is 2.09. The van der Waals surface area contributed by atoms with Gasteiger partial charge in [-0.2, -0.15) is 4.98 Å². The minimum atomic E-state index is 0.145. The molecule has 2 aromatic rings. The summed E-state index contributed by atoms with van der Waals surface area (Å²) in [7, 11) is 3.20. The van der Waals surface area contributed by atoms with E-state index in [1.54, 1.807) is 20.3 Å². The molecule has 0 aliphatic rings. The zero-order chi connectivity index (χ0) is 14.4. The fraction of sp³-hybridized carbons (Fsp3) is 0.333. The fourth-order valence-electron chi connectivity index (χ4n) is 1.89. The summed E-state index contributed by atoms with van der Waals surface area (Å²) in [4.78, 5) is 8.63. The molecule has 0 saturated carbocycles. The minimum Gasteiger partial charge on any atom is -0.481 e. The standard InChI is InChI=1S/C15H19N3O2/c1-11(12-7-5-4-6-8-12)16-13-9-15(20-3)18-14(17-13)10-19-2/h4-9,11H,10H2,1-3H3,(H,16,17,18). The van der Waals surface area contributed by atoms with Gasteiger partial charge in [-0.05, 0) is 12.5 Å². The molecule has 2 rings (SSSR count). The van der Waals surface area contributed by atoms with Gasteiger partial charge >= 0.3 is 0 Å². The Morgan fingerprint density at radius 2 is 1.90 bits per heavy atom. The van der Waals surface area contributed by atoms with E-state index in [2.05, 4.69) is 34.3 Å². The Labute approximate surface area is 119 Å². The first-order valence-corrected chi connectivity index (χ1v) is 6.45. The van der Waals surface area contributed by atoms with Crippen molar-refractivity contribution in [2.75, 3.05) is 19.5 Å². The number of hydrogen-bond acceptors (Lipinski definition) is 5. The summed E-state index contributed by atoms with van der Waals surface area (Å²) in [5.41, 5.74) is 1.19. The maximum atomic E-state index is 5.18. The molecule has 1 aromatic heterocycles. The molecule has 0 spiro atoms. The molecule has 1 unspecified atom stereocenters. The third-order valence-electron chi connectivity index (χ3n) is 2.90. The summed E-state index contributed by atoms with van der Waals surface area (Å²) in [6, 6.07) is 12.1. The molecule has 1 atom stereocenters. The van der Waals surface area contributed by atoms with Crippen LogP contribution in [0.5, 0.6) is 5.88 Å². The van der Waals surface area contributed by atoms with Crippen LogP contribution in [0.4, 0.5) is 5.82 Å². The van der Waals surface area contributed by atoms with Gasteiger partial charge in [0.2, 0.25) is 5.88 Å².